The number of hydrogen-bond donors (Lipinski definition) is 2. The van der Waals surface area contributed by atoms with Crippen molar-refractivity contribution in [3.05, 3.63) is 23.9 Å². The van der Waals surface area contributed by atoms with E-state index in [4.69, 9.17) is 0 Å². The first-order chi connectivity index (χ1) is 9.40. The first-order valence-corrected chi connectivity index (χ1v) is 7.41. The largest absolute Gasteiger partial charge is 0.370 e. The van der Waals surface area contributed by atoms with Gasteiger partial charge in [-0.1, -0.05) is 11.6 Å². The standard InChI is InChI=1S/C15H22N4/c1-2-4-12(5-3-1)8-10-16-14-9-11-17-15(19-14)18-13-6-7-13/h4,9,11,13H,1-3,5-8,10H2,(H2,16,17,18,19). The van der Waals surface area contributed by atoms with Crippen LogP contribution in [0.3, 0.4) is 0 Å². The van der Waals surface area contributed by atoms with Crippen molar-refractivity contribution < 1.29 is 0 Å². The average Bonchev–Trinajstić information content (AvgIpc) is 3.24. The summed E-state index contributed by atoms with van der Waals surface area (Å²) in [5, 5.41) is 6.72. The zero-order valence-corrected chi connectivity index (χ0v) is 11.4. The Hall–Kier alpha value is -1.58. The highest BCUT2D eigenvalue weighted by Crippen LogP contribution is 2.23. The van der Waals surface area contributed by atoms with Crippen LogP contribution in [-0.4, -0.2) is 22.6 Å². The molecule has 0 radical (unpaired) electrons. The first kappa shape index (κ1) is 12.5. The number of hydrogen-bond acceptors (Lipinski definition) is 4. The van der Waals surface area contributed by atoms with E-state index in [2.05, 4.69) is 26.7 Å². The fraction of sp³-hybridized carbons (Fsp3) is 0.600. The molecule has 1 heterocycles. The van der Waals surface area contributed by atoms with Crippen LogP contribution in [0, 0.1) is 0 Å². The van der Waals surface area contributed by atoms with Gasteiger partial charge in [-0.3, -0.25) is 0 Å². The molecule has 2 aliphatic rings. The number of allylic oxidation sites excluding steroid dienone is 1. The highest BCUT2D eigenvalue weighted by atomic mass is 15.2. The fourth-order valence-electron chi connectivity index (χ4n) is 2.42. The van der Waals surface area contributed by atoms with Crippen LogP contribution in [0.5, 0.6) is 0 Å². The highest BCUT2D eigenvalue weighted by Gasteiger charge is 2.21. The van der Waals surface area contributed by atoms with Gasteiger partial charge in [0.15, 0.2) is 0 Å². The molecule has 1 fully saturated rings. The third kappa shape index (κ3) is 3.94. The molecule has 1 aromatic heterocycles. The van der Waals surface area contributed by atoms with E-state index in [9.17, 15) is 0 Å². The van der Waals surface area contributed by atoms with Gasteiger partial charge in [-0.25, -0.2) is 4.98 Å². The van der Waals surface area contributed by atoms with Gasteiger partial charge in [0.1, 0.15) is 5.82 Å². The maximum atomic E-state index is 4.48. The molecule has 0 spiro atoms. The SMILES string of the molecule is C1=C(CCNc2ccnc(NC3CC3)n2)CCCC1. The predicted octanol–water partition coefficient (Wildman–Crippen LogP) is 3.35. The molecular formula is C15H22N4. The number of rotatable bonds is 6. The molecule has 0 aliphatic heterocycles. The van der Waals surface area contributed by atoms with Crippen LogP contribution in [-0.2, 0) is 0 Å². The third-order valence-electron chi connectivity index (χ3n) is 3.70. The smallest absolute Gasteiger partial charge is 0.224 e. The molecule has 2 aliphatic carbocycles. The van der Waals surface area contributed by atoms with E-state index in [0.717, 1.165) is 24.7 Å². The summed E-state index contributed by atoms with van der Waals surface area (Å²) < 4.78 is 0. The molecule has 4 nitrogen and oxygen atoms in total. The lowest BCUT2D eigenvalue weighted by Crippen LogP contribution is -2.09. The van der Waals surface area contributed by atoms with Gasteiger partial charge in [0.05, 0.1) is 0 Å². The van der Waals surface area contributed by atoms with Gasteiger partial charge in [0.2, 0.25) is 5.95 Å². The highest BCUT2D eigenvalue weighted by molar-refractivity contribution is 5.40. The summed E-state index contributed by atoms with van der Waals surface area (Å²) in [4.78, 5) is 8.73. The Morgan fingerprint density at radius 2 is 2.21 bits per heavy atom. The lowest BCUT2D eigenvalue weighted by molar-refractivity contribution is 0.679. The molecule has 0 bridgehead atoms. The molecule has 0 atom stereocenters. The van der Waals surface area contributed by atoms with E-state index in [1.165, 1.54) is 38.5 Å². The maximum absolute atomic E-state index is 4.48. The summed E-state index contributed by atoms with van der Waals surface area (Å²) in [5.74, 6) is 1.68. The lowest BCUT2D eigenvalue weighted by atomic mass is 9.97. The molecule has 0 aromatic carbocycles. The molecule has 3 rings (SSSR count). The van der Waals surface area contributed by atoms with Gasteiger partial charge in [-0.05, 0) is 51.0 Å². The van der Waals surface area contributed by atoms with Gasteiger partial charge in [0, 0.05) is 18.8 Å². The van der Waals surface area contributed by atoms with Crippen molar-refractivity contribution in [3.8, 4) is 0 Å². The van der Waals surface area contributed by atoms with Crippen LogP contribution < -0.4 is 10.6 Å². The maximum Gasteiger partial charge on any atom is 0.224 e. The van der Waals surface area contributed by atoms with E-state index in [1.807, 2.05) is 12.3 Å². The van der Waals surface area contributed by atoms with E-state index in [0.29, 0.717) is 6.04 Å². The Kier molecular flexibility index (Phi) is 3.96. The topological polar surface area (TPSA) is 49.8 Å². The monoisotopic (exact) mass is 258 g/mol. The van der Waals surface area contributed by atoms with Crippen LogP contribution in [0.1, 0.15) is 44.9 Å². The Labute approximate surface area is 114 Å². The van der Waals surface area contributed by atoms with E-state index in [1.54, 1.807) is 5.57 Å². The number of aromatic nitrogens is 2. The number of anilines is 2. The van der Waals surface area contributed by atoms with E-state index >= 15 is 0 Å². The van der Waals surface area contributed by atoms with Crippen molar-refractivity contribution in [2.75, 3.05) is 17.2 Å². The molecule has 0 saturated heterocycles. The zero-order valence-electron chi connectivity index (χ0n) is 11.4. The predicted molar refractivity (Wildman–Crippen MR) is 78.3 cm³/mol. The van der Waals surface area contributed by atoms with Crippen LogP contribution in [0.4, 0.5) is 11.8 Å². The van der Waals surface area contributed by atoms with Crippen molar-refractivity contribution in [2.24, 2.45) is 0 Å². The minimum Gasteiger partial charge on any atom is -0.370 e. The first-order valence-electron chi connectivity index (χ1n) is 7.41. The molecule has 1 aromatic rings. The number of nitrogens with one attached hydrogen (secondary N) is 2. The summed E-state index contributed by atoms with van der Waals surface area (Å²) in [5.41, 5.74) is 1.60. The summed E-state index contributed by atoms with van der Waals surface area (Å²) in [7, 11) is 0. The summed E-state index contributed by atoms with van der Waals surface area (Å²) in [6.07, 6.45) is 13.1. The lowest BCUT2D eigenvalue weighted by Gasteiger charge is -2.13. The summed E-state index contributed by atoms with van der Waals surface area (Å²) in [6, 6.07) is 2.54. The normalized spacial score (nSPS) is 18.8. The Morgan fingerprint density at radius 1 is 1.26 bits per heavy atom. The molecular weight excluding hydrogens is 236 g/mol. The second-order valence-corrected chi connectivity index (χ2v) is 5.47. The zero-order chi connectivity index (χ0) is 12.9. The molecule has 2 N–H and O–H groups in total. The van der Waals surface area contributed by atoms with E-state index in [-0.39, 0.29) is 0 Å². The van der Waals surface area contributed by atoms with Gasteiger partial charge in [0.25, 0.3) is 0 Å². The van der Waals surface area contributed by atoms with Crippen LogP contribution >= 0.6 is 0 Å². The second-order valence-electron chi connectivity index (χ2n) is 5.47. The fourth-order valence-corrected chi connectivity index (χ4v) is 2.42. The third-order valence-corrected chi connectivity index (χ3v) is 3.70. The second kappa shape index (κ2) is 6.04. The molecule has 0 amide bonds. The van der Waals surface area contributed by atoms with Crippen LogP contribution in [0.15, 0.2) is 23.9 Å². The van der Waals surface area contributed by atoms with E-state index < -0.39 is 0 Å². The van der Waals surface area contributed by atoms with Gasteiger partial charge in [-0.15, -0.1) is 0 Å². The quantitative estimate of drug-likeness (QED) is 0.768. The average molecular weight is 258 g/mol. The van der Waals surface area contributed by atoms with Crippen molar-refractivity contribution in [1.29, 1.82) is 0 Å². The molecule has 1 saturated carbocycles. The van der Waals surface area contributed by atoms with Crippen LogP contribution in [0.2, 0.25) is 0 Å². The molecule has 102 valence electrons. The minimum atomic E-state index is 0.600. The molecule has 0 unspecified atom stereocenters. The Balaban J connectivity index is 1.47. The van der Waals surface area contributed by atoms with Gasteiger partial charge in [-0.2, -0.15) is 4.98 Å². The molecule has 19 heavy (non-hydrogen) atoms. The van der Waals surface area contributed by atoms with Crippen molar-refractivity contribution in [3.63, 3.8) is 0 Å². The minimum absolute atomic E-state index is 0.600. The summed E-state index contributed by atoms with van der Waals surface area (Å²) >= 11 is 0. The summed E-state index contributed by atoms with van der Waals surface area (Å²) in [6.45, 7) is 0.964. The van der Waals surface area contributed by atoms with Crippen molar-refractivity contribution >= 4 is 11.8 Å². The van der Waals surface area contributed by atoms with Crippen molar-refractivity contribution in [2.45, 2.75) is 51.0 Å². The van der Waals surface area contributed by atoms with Crippen LogP contribution in [0.25, 0.3) is 0 Å². The number of nitrogens with zero attached hydrogens (tertiary/aromatic N) is 2. The van der Waals surface area contributed by atoms with Gasteiger partial charge < -0.3 is 10.6 Å². The van der Waals surface area contributed by atoms with Gasteiger partial charge >= 0.3 is 0 Å². The van der Waals surface area contributed by atoms with Crippen molar-refractivity contribution in [1.82, 2.24) is 9.97 Å². The Morgan fingerprint density at radius 3 is 3.00 bits per heavy atom. The Bertz CT molecular complexity index is 451. The molecule has 4 heteroatoms.